The van der Waals surface area contributed by atoms with Gasteiger partial charge in [-0.25, -0.2) is 8.42 Å². The molecule has 1 amide bonds. The number of rotatable bonds is 9. The molecule has 0 spiro atoms. The third-order valence-corrected chi connectivity index (χ3v) is 5.15. The second-order valence-electron chi connectivity index (χ2n) is 3.56. The van der Waals surface area contributed by atoms with Gasteiger partial charge in [0.25, 0.3) is 0 Å². The largest absolute Gasteiger partial charge is 0.396 e. The summed E-state index contributed by atoms with van der Waals surface area (Å²) in [5.41, 5.74) is 4.88. The Bertz CT molecular complexity index is 303. The number of thioether (sulfide) groups is 1. The van der Waals surface area contributed by atoms with Crippen LogP contribution in [0.3, 0.4) is 0 Å². The molecule has 0 radical (unpaired) electrons. The number of sulfone groups is 1. The molecule has 0 heterocycles. The van der Waals surface area contributed by atoms with Crippen molar-refractivity contribution in [1.82, 2.24) is 0 Å². The van der Waals surface area contributed by atoms with Crippen LogP contribution in [-0.4, -0.2) is 48.5 Å². The predicted octanol–water partition coefficient (Wildman–Crippen LogP) is -0.219. The first kappa shape index (κ1) is 15.7. The lowest BCUT2D eigenvalue weighted by Crippen LogP contribution is -2.20. The van der Waals surface area contributed by atoms with E-state index in [1.54, 1.807) is 0 Å². The number of hydrogen-bond donors (Lipinski definition) is 2. The van der Waals surface area contributed by atoms with Gasteiger partial charge >= 0.3 is 0 Å². The molecule has 0 aromatic carbocycles. The zero-order valence-corrected chi connectivity index (χ0v) is 11.0. The fraction of sp³-hybridized carbons (Fsp3) is 0.889. The summed E-state index contributed by atoms with van der Waals surface area (Å²) in [6.45, 7) is 2.06. The quantitative estimate of drug-likeness (QED) is 0.603. The van der Waals surface area contributed by atoms with Crippen molar-refractivity contribution < 1.29 is 18.3 Å². The Morgan fingerprint density at radius 2 is 2.06 bits per heavy atom. The highest BCUT2D eigenvalue weighted by Gasteiger charge is 2.13. The smallest absolute Gasteiger partial charge is 0.218 e. The number of amides is 1. The third-order valence-electron chi connectivity index (χ3n) is 1.99. The van der Waals surface area contributed by atoms with Gasteiger partial charge < -0.3 is 10.8 Å². The van der Waals surface area contributed by atoms with Gasteiger partial charge in [0, 0.05) is 24.0 Å². The first-order valence-corrected chi connectivity index (χ1v) is 7.95. The van der Waals surface area contributed by atoms with Crippen LogP contribution in [0.15, 0.2) is 0 Å². The monoisotopic (exact) mass is 269 g/mol. The van der Waals surface area contributed by atoms with Gasteiger partial charge in [0.2, 0.25) is 5.91 Å². The Morgan fingerprint density at radius 1 is 1.44 bits per heavy atom. The first-order chi connectivity index (χ1) is 7.37. The molecule has 16 heavy (non-hydrogen) atoms. The Hall–Kier alpha value is -0.270. The Labute approximate surface area is 101 Å². The topological polar surface area (TPSA) is 97.5 Å². The van der Waals surface area contributed by atoms with Crippen LogP contribution in [0.2, 0.25) is 0 Å². The molecular formula is C9H19NO4S2. The third kappa shape index (κ3) is 8.99. The molecule has 0 bridgehead atoms. The number of aliphatic hydroxyl groups is 1. The van der Waals surface area contributed by atoms with E-state index in [-0.39, 0.29) is 29.8 Å². The number of carbonyl (C=O) groups is 1. The highest BCUT2D eigenvalue weighted by atomic mass is 32.2. The SMILES string of the molecule is CC(CCO)SCCS(=O)(=O)CCC(N)=O. The minimum atomic E-state index is -3.17. The van der Waals surface area contributed by atoms with E-state index in [0.717, 1.165) is 0 Å². The van der Waals surface area contributed by atoms with Gasteiger partial charge in [0.15, 0.2) is 9.84 Å². The van der Waals surface area contributed by atoms with Gasteiger partial charge in [-0.15, -0.1) is 0 Å². The van der Waals surface area contributed by atoms with E-state index in [4.69, 9.17) is 10.8 Å². The fourth-order valence-corrected chi connectivity index (χ4v) is 3.79. The standard InChI is InChI=1S/C9H19NO4S2/c1-8(2-4-11)15-5-7-16(13,14)6-3-9(10)12/h8,11H,2-7H2,1H3,(H2,10,12). The van der Waals surface area contributed by atoms with Crippen LogP contribution >= 0.6 is 11.8 Å². The van der Waals surface area contributed by atoms with Gasteiger partial charge in [-0.2, -0.15) is 11.8 Å². The normalized spacial score (nSPS) is 13.6. The van der Waals surface area contributed by atoms with Gasteiger partial charge in [-0.3, -0.25) is 4.79 Å². The lowest BCUT2D eigenvalue weighted by molar-refractivity contribution is -0.117. The zero-order valence-electron chi connectivity index (χ0n) is 9.39. The van der Waals surface area contributed by atoms with Gasteiger partial charge in [-0.05, 0) is 6.42 Å². The molecule has 0 saturated carbocycles. The lowest BCUT2D eigenvalue weighted by Gasteiger charge is -2.09. The molecule has 0 aromatic heterocycles. The average molecular weight is 269 g/mol. The van der Waals surface area contributed by atoms with E-state index in [0.29, 0.717) is 12.2 Å². The molecule has 0 fully saturated rings. The van der Waals surface area contributed by atoms with Crippen molar-refractivity contribution in [1.29, 1.82) is 0 Å². The summed E-state index contributed by atoms with van der Waals surface area (Å²) >= 11 is 1.51. The maximum atomic E-state index is 11.4. The average Bonchev–Trinajstić information content (AvgIpc) is 2.15. The molecule has 1 unspecified atom stereocenters. The molecule has 0 aliphatic heterocycles. The highest BCUT2D eigenvalue weighted by Crippen LogP contribution is 2.14. The molecule has 5 nitrogen and oxygen atoms in total. The number of hydrogen-bond acceptors (Lipinski definition) is 5. The minimum Gasteiger partial charge on any atom is -0.396 e. The summed E-state index contributed by atoms with van der Waals surface area (Å²) in [5, 5.41) is 8.90. The van der Waals surface area contributed by atoms with Gasteiger partial charge in [0.1, 0.15) is 0 Å². The van der Waals surface area contributed by atoms with Crippen LogP contribution in [0.25, 0.3) is 0 Å². The van der Waals surface area contributed by atoms with Crippen molar-refractivity contribution in [2.24, 2.45) is 5.73 Å². The predicted molar refractivity (Wildman–Crippen MR) is 66.1 cm³/mol. The van der Waals surface area contributed by atoms with E-state index < -0.39 is 15.7 Å². The zero-order chi connectivity index (χ0) is 12.6. The van der Waals surface area contributed by atoms with Crippen LogP contribution in [-0.2, 0) is 14.6 Å². The summed E-state index contributed by atoms with van der Waals surface area (Å²) in [4.78, 5) is 10.4. The summed E-state index contributed by atoms with van der Waals surface area (Å²) in [7, 11) is -3.17. The lowest BCUT2D eigenvalue weighted by atomic mass is 10.3. The molecule has 1 atom stereocenters. The van der Waals surface area contributed by atoms with Crippen molar-refractivity contribution in [3.63, 3.8) is 0 Å². The van der Waals surface area contributed by atoms with Crippen molar-refractivity contribution >= 4 is 27.5 Å². The summed E-state index contributed by atoms with van der Waals surface area (Å²) in [5.74, 6) is -0.217. The Balaban J connectivity index is 3.78. The fourth-order valence-electron chi connectivity index (χ4n) is 1.000. The second kappa shape index (κ2) is 7.92. The van der Waals surface area contributed by atoms with Crippen molar-refractivity contribution in [2.45, 2.75) is 25.0 Å². The van der Waals surface area contributed by atoms with Crippen molar-refractivity contribution in [3.8, 4) is 0 Å². The number of carbonyl (C=O) groups excluding carboxylic acids is 1. The Morgan fingerprint density at radius 3 is 2.56 bits per heavy atom. The maximum absolute atomic E-state index is 11.4. The second-order valence-corrected chi connectivity index (χ2v) is 7.41. The molecular weight excluding hydrogens is 250 g/mol. The van der Waals surface area contributed by atoms with Crippen LogP contribution in [0.4, 0.5) is 0 Å². The van der Waals surface area contributed by atoms with E-state index in [1.807, 2.05) is 6.92 Å². The van der Waals surface area contributed by atoms with E-state index >= 15 is 0 Å². The minimum absolute atomic E-state index is 0.0563. The first-order valence-electron chi connectivity index (χ1n) is 5.08. The molecule has 0 aliphatic carbocycles. The summed E-state index contributed by atoms with van der Waals surface area (Å²) in [6, 6.07) is 0. The van der Waals surface area contributed by atoms with Crippen LogP contribution < -0.4 is 5.73 Å². The van der Waals surface area contributed by atoms with Crippen LogP contribution in [0.5, 0.6) is 0 Å². The van der Waals surface area contributed by atoms with Crippen LogP contribution in [0, 0.1) is 0 Å². The van der Waals surface area contributed by atoms with E-state index in [1.165, 1.54) is 11.8 Å². The molecule has 0 saturated heterocycles. The van der Waals surface area contributed by atoms with Crippen molar-refractivity contribution in [2.75, 3.05) is 23.9 Å². The van der Waals surface area contributed by atoms with E-state index in [2.05, 4.69) is 0 Å². The van der Waals surface area contributed by atoms with Crippen LogP contribution in [0.1, 0.15) is 19.8 Å². The number of aliphatic hydroxyl groups excluding tert-OH is 1. The number of primary amides is 1. The van der Waals surface area contributed by atoms with E-state index in [9.17, 15) is 13.2 Å². The Kier molecular flexibility index (Phi) is 7.78. The molecule has 96 valence electrons. The molecule has 0 aromatic rings. The van der Waals surface area contributed by atoms with Crippen molar-refractivity contribution in [3.05, 3.63) is 0 Å². The molecule has 3 N–H and O–H groups in total. The van der Waals surface area contributed by atoms with Gasteiger partial charge in [-0.1, -0.05) is 6.92 Å². The highest BCUT2D eigenvalue weighted by molar-refractivity contribution is 8.01. The summed E-state index contributed by atoms with van der Waals surface area (Å²) in [6.07, 6.45) is 0.547. The maximum Gasteiger partial charge on any atom is 0.218 e. The number of nitrogens with two attached hydrogens (primary N) is 1. The van der Waals surface area contributed by atoms with Gasteiger partial charge in [0.05, 0.1) is 11.5 Å². The molecule has 0 aliphatic rings. The molecule has 0 rings (SSSR count). The summed E-state index contributed by atoms with van der Waals surface area (Å²) < 4.78 is 22.8. The molecule has 7 heteroatoms.